The lowest BCUT2D eigenvalue weighted by molar-refractivity contribution is 0.0645. The lowest BCUT2D eigenvalue weighted by atomic mass is 9.88. The Balaban J connectivity index is 1.94. The van der Waals surface area contributed by atoms with E-state index in [9.17, 15) is 0 Å². The summed E-state index contributed by atoms with van der Waals surface area (Å²) in [6.45, 7) is 8.08. The summed E-state index contributed by atoms with van der Waals surface area (Å²) in [5.41, 5.74) is 2.76. The Morgan fingerprint density at radius 2 is 1.35 bits per heavy atom. The minimum absolute atomic E-state index is 0.292. The highest BCUT2D eigenvalue weighted by Gasteiger charge is 2.14. The minimum Gasteiger partial charge on any atom is -0.377 e. The molecule has 0 aliphatic carbocycles. The standard InChI is InChI=1S/C21H29NO/c1-17(2)23-16-18(3)22-15-14-21(19-10-6-4-7-11-19)20-12-8-5-9-13-20/h4-13,17-18,21-22H,14-16H2,1-3H3. The highest BCUT2D eigenvalue weighted by Crippen LogP contribution is 2.27. The largest absolute Gasteiger partial charge is 0.377 e. The quantitative estimate of drug-likeness (QED) is 0.730. The average molecular weight is 311 g/mol. The summed E-state index contributed by atoms with van der Waals surface area (Å²) in [7, 11) is 0. The molecule has 0 aliphatic rings. The summed E-state index contributed by atoms with van der Waals surface area (Å²) >= 11 is 0. The number of benzene rings is 2. The van der Waals surface area contributed by atoms with Gasteiger partial charge in [0.15, 0.2) is 0 Å². The van der Waals surface area contributed by atoms with Crippen molar-refractivity contribution in [3.8, 4) is 0 Å². The molecule has 1 atom stereocenters. The van der Waals surface area contributed by atoms with Gasteiger partial charge in [0.1, 0.15) is 0 Å². The number of nitrogens with one attached hydrogen (secondary N) is 1. The Labute approximate surface area is 140 Å². The second-order valence-electron chi connectivity index (χ2n) is 6.40. The van der Waals surface area contributed by atoms with Gasteiger partial charge in [-0.05, 0) is 44.9 Å². The van der Waals surface area contributed by atoms with Crippen LogP contribution in [0, 0.1) is 0 Å². The molecule has 0 heterocycles. The van der Waals surface area contributed by atoms with Gasteiger partial charge in [-0.15, -0.1) is 0 Å². The van der Waals surface area contributed by atoms with Gasteiger partial charge in [-0.3, -0.25) is 0 Å². The topological polar surface area (TPSA) is 21.3 Å². The van der Waals surface area contributed by atoms with Crippen molar-refractivity contribution >= 4 is 0 Å². The van der Waals surface area contributed by atoms with Crippen LogP contribution < -0.4 is 5.32 Å². The fourth-order valence-corrected chi connectivity index (χ4v) is 2.77. The molecule has 0 aliphatic heterocycles. The van der Waals surface area contributed by atoms with Gasteiger partial charge in [-0.1, -0.05) is 60.7 Å². The van der Waals surface area contributed by atoms with Crippen molar-refractivity contribution in [1.29, 1.82) is 0 Å². The maximum Gasteiger partial charge on any atom is 0.0620 e. The van der Waals surface area contributed by atoms with Crippen molar-refractivity contribution in [3.63, 3.8) is 0 Å². The van der Waals surface area contributed by atoms with Crippen LogP contribution in [-0.4, -0.2) is 25.3 Å². The minimum atomic E-state index is 0.292. The molecule has 0 amide bonds. The van der Waals surface area contributed by atoms with Crippen LogP contribution in [0.3, 0.4) is 0 Å². The molecule has 2 heteroatoms. The number of rotatable bonds is 9. The Kier molecular flexibility index (Phi) is 7.31. The average Bonchev–Trinajstić information content (AvgIpc) is 2.58. The Hall–Kier alpha value is -1.64. The van der Waals surface area contributed by atoms with E-state index in [1.807, 2.05) is 0 Å². The van der Waals surface area contributed by atoms with Crippen LogP contribution in [-0.2, 0) is 4.74 Å². The first kappa shape index (κ1) is 17.7. The van der Waals surface area contributed by atoms with Crippen LogP contribution in [0.2, 0.25) is 0 Å². The van der Waals surface area contributed by atoms with Crippen LogP contribution in [0.1, 0.15) is 44.2 Å². The first-order valence-corrected chi connectivity index (χ1v) is 8.61. The Morgan fingerprint density at radius 1 is 0.826 bits per heavy atom. The van der Waals surface area contributed by atoms with Crippen molar-refractivity contribution in [3.05, 3.63) is 71.8 Å². The molecule has 2 rings (SSSR count). The molecule has 0 saturated heterocycles. The number of hydrogen-bond acceptors (Lipinski definition) is 2. The molecule has 23 heavy (non-hydrogen) atoms. The van der Waals surface area contributed by atoms with Crippen LogP contribution in [0.25, 0.3) is 0 Å². The van der Waals surface area contributed by atoms with Crippen molar-refractivity contribution in [2.24, 2.45) is 0 Å². The summed E-state index contributed by atoms with van der Waals surface area (Å²) in [4.78, 5) is 0. The summed E-state index contributed by atoms with van der Waals surface area (Å²) in [5, 5.41) is 3.58. The zero-order chi connectivity index (χ0) is 16.5. The highest BCUT2D eigenvalue weighted by atomic mass is 16.5. The molecule has 0 saturated carbocycles. The molecule has 0 aromatic heterocycles. The third kappa shape index (κ3) is 6.17. The molecule has 124 valence electrons. The zero-order valence-corrected chi connectivity index (χ0v) is 14.5. The van der Waals surface area contributed by atoms with E-state index in [-0.39, 0.29) is 0 Å². The maximum atomic E-state index is 5.67. The SMILES string of the molecule is CC(COC(C)C)NCCC(c1ccccc1)c1ccccc1. The fraction of sp³-hybridized carbons (Fsp3) is 0.429. The first-order valence-electron chi connectivity index (χ1n) is 8.61. The van der Waals surface area contributed by atoms with E-state index in [0.717, 1.165) is 19.6 Å². The monoisotopic (exact) mass is 311 g/mol. The molecule has 2 nitrogen and oxygen atoms in total. The van der Waals surface area contributed by atoms with Gasteiger partial charge in [0.05, 0.1) is 12.7 Å². The molecular weight excluding hydrogens is 282 g/mol. The molecule has 1 N–H and O–H groups in total. The van der Waals surface area contributed by atoms with E-state index in [1.54, 1.807) is 0 Å². The smallest absolute Gasteiger partial charge is 0.0620 e. The van der Waals surface area contributed by atoms with Gasteiger partial charge < -0.3 is 10.1 Å². The molecule has 0 radical (unpaired) electrons. The predicted octanol–water partition coefficient (Wildman–Crippen LogP) is 4.61. The van der Waals surface area contributed by atoms with Crippen LogP contribution >= 0.6 is 0 Å². The van der Waals surface area contributed by atoms with Crippen LogP contribution in [0.15, 0.2) is 60.7 Å². The van der Waals surface area contributed by atoms with Crippen molar-refractivity contribution in [2.75, 3.05) is 13.2 Å². The normalized spacial score (nSPS) is 12.7. The third-order valence-electron chi connectivity index (χ3n) is 4.01. The zero-order valence-electron chi connectivity index (χ0n) is 14.5. The second-order valence-corrected chi connectivity index (χ2v) is 6.40. The lowest BCUT2D eigenvalue weighted by Crippen LogP contribution is -2.33. The van der Waals surface area contributed by atoms with Crippen molar-refractivity contribution in [2.45, 2.75) is 45.3 Å². The Bertz CT molecular complexity index is 499. The van der Waals surface area contributed by atoms with Crippen LogP contribution in [0.4, 0.5) is 0 Å². The van der Waals surface area contributed by atoms with Gasteiger partial charge in [-0.2, -0.15) is 0 Å². The van der Waals surface area contributed by atoms with E-state index < -0.39 is 0 Å². The van der Waals surface area contributed by atoms with E-state index in [0.29, 0.717) is 18.1 Å². The number of ether oxygens (including phenoxy) is 1. The van der Waals surface area contributed by atoms with Gasteiger partial charge in [0.25, 0.3) is 0 Å². The number of hydrogen-bond donors (Lipinski definition) is 1. The third-order valence-corrected chi connectivity index (χ3v) is 4.01. The summed E-state index contributed by atoms with van der Waals surface area (Å²) in [6, 6.07) is 21.9. The molecule has 1 unspecified atom stereocenters. The summed E-state index contributed by atoms with van der Waals surface area (Å²) in [6.07, 6.45) is 1.38. The summed E-state index contributed by atoms with van der Waals surface area (Å²) in [5.74, 6) is 0.433. The highest BCUT2D eigenvalue weighted by molar-refractivity contribution is 5.32. The van der Waals surface area contributed by atoms with E-state index in [1.165, 1.54) is 11.1 Å². The summed E-state index contributed by atoms with van der Waals surface area (Å²) < 4.78 is 5.67. The van der Waals surface area contributed by atoms with Crippen LogP contribution in [0.5, 0.6) is 0 Å². The molecule has 0 bridgehead atoms. The van der Waals surface area contributed by atoms with Gasteiger partial charge in [-0.25, -0.2) is 0 Å². The second kappa shape index (κ2) is 9.49. The van der Waals surface area contributed by atoms with Gasteiger partial charge in [0, 0.05) is 12.0 Å². The molecule has 0 spiro atoms. The molecule has 2 aromatic rings. The first-order chi connectivity index (χ1) is 11.2. The van der Waals surface area contributed by atoms with Crippen molar-refractivity contribution in [1.82, 2.24) is 5.32 Å². The Morgan fingerprint density at radius 3 is 1.83 bits per heavy atom. The van der Waals surface area contributed by atoms with Gasteiger partial charge in [0.2, 0.25) is 0 Å². The molecule has 0 fully saturated rings. The lowest BCUT2D eigenvalue weighted by Gasteiger charge is -2.21. The van der Waals surface area contributed by atoms with E-state index in [2.05, 4.69) is 86.8 Å². The van der Waals surface area contributed by atoms with Gasteiger partial charge >= 0.3 is 0 Å². The fourth-order valence-electron chi connectivity index (χ4n) is 2.77. The maximum absolute atomic E-state index is 5.67. The van der Waals surface area contributed by atoms with E-state index in [4.69, 9.17) is 4.74 Å². The van der Waals surface area contributed by atoms with E-state index >= 15 is 0 Å². The predicted molar refractivity (Wildman–Crippen MR) is 97.9 cm³/mol. The molecule has 2 aromatic carbocycles. The van der Waals surface area contributed by atoms with Crippen molar-refractivity contribution < 1.29 is 4.74 Å². The molecular formula is C21H29NO.